The second-order valence-corrected chi connectivity index (χ2v) is 12.6. The number of unbranched alkanes of at least 4 members (excludes halogenated alkanes) is 2. The number of hydrogen-bond acceptors (Lipinski definition) is 2. The van der Waals surface area contributed by atoms with E-state index in [9.17, 15) is 10.2 Å². The Morgan fingerprint density at radius 1 is 0.594 bits per heavy atom. The van der Waals surface area contributed by atoms with Crippen LogP contribution in [-0.4, -0.2) is 22.4 Å². The minimum absolute atomic E-state index is 0.0335. The van der Waals surface area contributed by atoms with Gasteiger partial charge in [0.15, 0.2) is 0 Å². The lowest BCUT2D eigenvalue weighted by Crippen LogP contribution is -2.42. The predicted molar refractivity (Wildman–Crippen MR) is 134 cm³/mol. The summed E-state index contributed by atoms with van der Waals surface area (Å²) in [6, 6.07) is 0. The van der Waals surface area contributed by atoms with Gasteiger partial charge in [-0.05, 0) is 86.4 Å². The maximum atomic E-state index is 11.0. The molecular formula is C30H54O2. The normalized spacial score (nSPS) is 39.1. The minimum Gasteiger partial charge on any atom is -0.393 e. The van der Waals surface area contributed by atoms with Gasteiger partial charge >= 0.3 is 0 Å². The molecule has 2 heteroatoms. The lowest BCUT2D eigenvalue weighted by Gasteiger charge is -2.47. The lowest BCUT2D eigenvalue weighted by atomic mass is 9.59. The molecule has 0 bridgehead atoms. The van der Waals surface area contributed by atoms with Crippen molar-refractivity contribution in [1.82, 2.24) is 0 Å². The van der Waals surface area contributed by atoms with E-state index in [1.807, 2.05) is 0 Å². The summed E-state index contributed by atoms with van der Waals surface area (Å²) in [4.78, 5) is 0. The van der Waals surface area contributed by atoms with E-state index in [2.05, 4.69) is 6.92 Å². The van der Waals surface area contributed by atoms with Crippen LogP contribution in [0, 0.1) is 41.4 Å². The van der Waals surface area contributed by atoms with Crippen LogP contribution in [0.3, 0.4) is 0 Å². The molecule has 0 aliphatic heterocycles. The molecule has 186 valence electrons. The van der Waals surface area contributed by atoms with Gasteiger partial charge in [-0.3, -0.25) is 0 Å². The van der Waals surface area contributed by atoms with Crippen molar-refractivity contribution in [2.24, 2.45) is 41.4 Å². The van der Waals surface area contributed by atoms with Crippen molar-refractivity contribution in [1.29, 1.82) is 0 Å². The van der Waals surface area contributed by atoms with Crippen LogP contribution in [0.25, 0.3) is 0 Å². The molecule has 4 aliphatic carbocycles. The zero-order chi connectivity index (χ0) is 22.3. The average Bonchev–Trinajstić information content (AvgIpc) is 2.84. The highest BCUT2D eigenvalue weighted by atomic mass is 16.3. The van der Waals surface area contributed by atoms with Crippen molar-refractivity contribution in [3.05, 3.63) is 0 Å². The number of rotatable bonds is 8. The summed E-state index contributed by atoms with van der Waals surface area (Å²) in [5.74, 6) is 5.24. The van der Waals surface area contributed by atoms with E-state index in [0.29, 0.717) is 11.8 Å². The Labute approximate surface area is 199 Å². The fraction of sp³-hybridized carbons (Fsp3) is 1.00. The maximum Gasteiger partial charge on any atom is 0.0571 e. The zero-order valence-corrected chi connectivity index (χ0v) is 21.2. The van der Waals surface area contributed by atoms with Crippen molar-refractivity contribution in [3.63, 3.8) is 0 Å². The second-order valence-electron chi connectivity index (χ2n) is 12.6. The molecule has 6 atom stereocenters. The standard InChI is InChI=1S/C30H54O2/c1-2-3-6-15-26(24-16-18-29(31)27(20-24)22-11-7-4-8-12-22)25-17-19-30(32)28(21-25)23-13-9-5-10-14-23/h22-32H,2-21H2,1H3. The summed E-state index contributed by atoms with van der Waals surface area (Å²) in [7, 11) is 0. The van der Waals surface area contributed by atoms with E-state index >= 15 is 0 Å². The Morgan fingerprint density at radius 3 is 1.50 bits per heavy atom. The molecule has 0 aromatic heterocycles. The fourth-order valence-electron chi connectivity index (χ4n) is 8.85. The summed E-state index contributed by atoms with van der Waals surface area (Å²) in [5.41, 5.74) is 0. The summed E-state index contributed by atoms with van der Waals surface area (Å²) >= 11 is 0. The lowest BCUT2D eigenvalue weighted by molar-refractivity contribution is -0.0391. The Kier molecular flexibility index (Phi) is 9.83. The first kappa shape index (κ1) is 25.0. The number of aliphatic hydroxyl groups is 2. The summed E-state index contributed by atoms with van der Waals surface area (Å²) < 4.78 is 0. The molecule has 0 aromatic carbocycles. The minimum atomic E-state index is -0.0335. The third kappa shape index (κ3) is 6.32. The van der Waals surface area contributed by atoms with Crippen LogP contribution >= 0.6 is 0 Å². The van der Waals surface area contributed by atoms with Gasteiger partial charge in [-0.1, -0.05) is 90.4 Å². The van der Waals surface area contributed by atoms with Crippen molar-refractivity contribution < 1.29 is 10.2 Å². The summed E-state index contributed by atoms with van der Waals surface area (Å²) in [5, 5.41) is 21.9. The molecule has 4 aliphatic rings. The molecular weight excluding hydrogens is 392 g/mol. The van der Waals surface area contributed by atoms with Gasteiger partial charge in [-0.25, -0.2) is 0 Å². The third-order valence-electron chi connectivity index (χ3n) is 10.7. The molecule has 0 saturated heterocycles. The van der Waals surface area contributed by atoms with Gasteiger partial charge in [0.05, 0.1) is 12.2 Å². The van der Waals surface area contributed by atoms with Crippen LogP contribution in [-0.2, 0) is 0 Å². The molecule has 4 fully saturated rings. The smallest absolute Gasteiger partial charge is 0.0571 e. The Morgan fingerprint density at radius 2 is 1.06 bits per heavy atom. The van der Waals surface area contributed by atoms with Crippen LogP contribution < -0.4 is 0 Å². The quantitative estimate of drug-likeness (QED) is 0.372. The maximum absolute atomic E-state index is 11.0. The highest BCUT2D eigenvalue weighted by Gasteiger charge is 2.43. The predicted octanol–water partition coefficient (Wildman–Crippen LogP) is 7.90. The van der Waals surface area contributed by atoms with Crippen molar-refractivity contribution in [2.45, 2.75) is 148 Å². The van der Waals surface area contributed by atoms with E-state index < -0.39 is 0 Å². The van der Waals surface area contributed by atoms with Crippen LogP contribution in [0.1, 0.15) is 135 Å². The highest BCUT2D eigenvalue weighted by Crippen LogP contribution is 2.50. The van der Waals surface area contributed by atoms with Crippen LogP contribution in [0.4, 0.5) is 0 Å². The third-order valence-corrected chi connectivity index (χ3v) is 10.7. The van der Waals surface area contributed by atoms with E-state index in [0.717, 1.165) is 42.4 Å². The molecule has 4 saturated carbocycles. The van der Waals surface area contributed by atoms with Gasteiger partial charge in [-0.15, -0.1) is 0 Å². The number of aliphatic hydroxyl groups excluding tert-OH is 2. The summed E-state index contributed by atoms with van der Waals surface area (Å²) in [6.45, 7) is 2.33. The molecule has 0 aromatic rings. The first-order valence-corrected chi connectivity index (χ1v) is 15.0. The Bertz CT molecular complexity index is 479. The monoisotopic (exact) mass is 446 g/mol. The fourth-order valence-corrected chi connectivity index (χ4v) is 8.85. The van der Waals surface area contributed by atoms with Crippen LogP contribution in [0.5, 0.6) is 0 Å². The van der Waals surface area contributed by atoms with Gasteiger partial charge in [0.25, 0.3) is 0 Å². The average molecular weight is 447 g/mol. The van der Waals surface area contributed by atoms with E-state index in [4.69, 9.17) is 0 Å². The zero-order valence-electron chi connectivity index (χ0n) is 21.2. The molecule has 2 nitrogen and oxygen atoms in total. The Hall–Kier alpha value is -0.0800. The first-order chi connectivity index (χ1) is 15.7. The molecule has 32 heavy (non-hydrogen) atoms. The van der Waals surface area contributed by atoms with Gasteiger partial charge < -0.3 is 10.2 Å². The van der Waals surface area contributed by atoms with Crippen molar-refractivity contribution in [3.8, 4) is 0 Å². The molecule has 0 amide bonds. The van der Waals surface area contributed by atoms with Crippen LogP contribution in [0.15, 0.2) is 0 Å². The second kappa shape index (κ2) is 12.6. The first-order valence-electron chi connectivity index (χ1n) is 15.0. The highest BCUT2D eigenvalue weighted by molar-refractivity contribution is 4.93. The largest absolute Gasteiger partial charge is 0.393 e. The molecule has 6 unspecified atom stereocenters. The topological polar surface area (TPSA) is 40.5 Å². The van der Waals surface area contributed by atoms with Crippen LogP contribution in [0.2, 0.25) is 0 Å². The van der Waals surface area contributed by atoms with Gasteiger partial charge in [0, 0.05) is 0 Å². The van der Waals surface area contributed by atoms with Gasteiger partial charge in [0.2, 0.25) is 0 Å². The van der Waals surface area contributed by atoms with Gasteiger partial charge in [-0.2, -0.15) is 0 Å². The Balaban J connectivity index is 1.44. The van der Waals surface area contributed by atoms with Crippen molar-refractivity contribution in [2.75, 3.05) is 0 Å². The van der Waals surface area contributed by atoms with E-state index in [1.165, 1.54) is 116 Å². The van der Waals surface area contributed by atoms with Gasteiger partial charge in [0.1, 0.15) is 0 Å². The summed E-state index contributed by atoms with van der Waals surface area (Å²) in [6.07, 6.45) is 26.5. The van der Waals surface area contributed by atoms with Crippen molar-refractivity contribution >= 4 is 0 Å². The van der Waals surface area contributed by atoms with E-state index in [1.54, 1.807) is 0 Å². The molecule has 0 radical (unpaired) electrons. The number of hydrogen-bond donors (Lipinski definition) is 2. The SMILES string of the molecule is CCCCCC(C1CCC(O)C(C2CCCCC2)C1)C1CCC(O)C(C2CCCCC2)C1. The molecule has 4 rings (SSSR count). The molecule has 2 N–H and O–H groups in total. The molecule has 0 spiro atoms. The van der Waals surface area contributed by atoms with E-state index in [-0.39, 0.29) is 12.2 Å². The molecule has 0 heterocycles.